The molecule has 1 aromatic heterocycles. The first-order valence-electron chi connectivity index (χ1n) is 6.62. The number of hydrogen-bond donors (Lipinski definition) is 1. The predicted molar refractivity (Wildman–Crippen MR) is 76.2 cm³/mol. The van der Waals surface area contributed by atoms with Crippen LogP contribution in [0.2, 0.25) is 0 Å². The third-order valence-corrected chi connectivity index (χ3v) is 2.93. The van der Waals surface area contributed by atoms with E-state index in [1.807, 2.05) is 18.2 Å². The summed E-state index contributed by atoms with van der Waals surface area (Å²) in [6.45, 7) is 0.250. The maximum Gasteiger partial charge on any atom is 0.220 e. The Morgan fingerprint density at radius 3 is 2.70 bits per heavy atom. The van der Waals surface area contributed by atoms with E-state index in [0.29, 0.717) is 12.2 Å². The van der Waals surface area contributed by atoms with Gasteiger partial charge in [-0.15, -0.1) is 0 Å². The molecule has 0 aliphatic carbocycles. The first kappa shape index (κ1) is 14.1. The van der Waals surface area contributed by atoms with Crippen LogP contribution in [0.1, 0.15) is 24.2 Å². The van der Waals surface area contributed by atoms with Crippen molar-refractivity contribution in [2.75, 3.05) is 0 Å². The van der Waals surface area contributed by atoms with Gasteiger partial charge in [-0.05, 0) is 18.4 Å². The zero-order chi connectivity index (χ0) is 14.2. The van der Waals surface area contributed by atoms with Crippen LogP contribution < -0.4 is 10.7 Å². The highest BCUT2D eigenvalue weighted by Gasteiger charge is 2.03. The highest BCUT2D eigenvalue weighted by Crippen LogP contribution is 2.04. The summed E-state index contributed by atoms with van der Waals surface area (Å²) in [5.41, 5.74) is 1.11. The summed E-state index contributed by atoms with van der Waals surface area (Å²) in [5, 5.41) is 2.74. The first-order valence-corrected chi connectivity index (χ1v) is 6.62. The lowest BCUT2D eigenvalue weighted by Crippen LogP contribution is -2.23. The highest BCUT2D eigenvalue weighted by molar-refractivity contribution is 5.75. The Labute approximate surface area is 117 Å². The van der Waals surface area contributed by atoms with Crippen molar-refractivity contribution in [1.29, 1.82) is 0 Å². The van der Waals surface area contributed by atoms with Gasteiger partial charge in [0, 0.05) is 18.6 Å². The lowest BCUT2D eigenvalue weighted by Gasteiger charge is -2.04. The number of carbonyl (C=O) groups excluding carboxylic acids is 1. The van der Waals surface area contributed by atoms with Crippen molar-refractivity contribution in [1.82, 2.24) is 5.32 Å². The molecule has 104 valence electrons. The van der Waals surface area contributed by atoms with E-state index in [0.717, 1.165) is 12.8 Å². The SMILES string of the molecule is O=C(CCCc1ccccc1)NCc1cc(=O)cco1. The molecule has 20 heavy (non-hydrogen) atoms. The number of amides is 1. The number of nitrogens with one attached hydrogen (secondary N) is 1. The van der Waals surface area contributed by atoms with Crippen LogP contribution in [0.3, 0.4) is 0 Å². The third kappa shape index (κ3) is 4.72. The molecule has 4 nitrogen and oxygen atoms in total. The fraction of sp³-hybridized carbons (Fsp3) is 0.250. The average Bonchev–Trinajstić information content (AvgIpc) is 2.46. The number of rotatable bonds is 6. The Morgan fingerprint density at radius 1 is 1.15 bits per heavy atom. The van der Waals surface area contributed by atoms with Crippen molar-refractivity contribution in [3.8, 4) is 0 Å². The number of hydrogen-bond acceptors (Lipinski definition) is 3. The zero-order valence-electron chi connectivity index (χ0n) is 11.2. The molecule has 0 atom stereocenters. The Hall–Kier alpha value is -2.36. The topological polar surface area (TPSA) is 59.3 Å². The van der Waals surface area contributed by atoms with Crippen LogP contribution in [0.5, 0.6) is 0 Å². The van der Waals surface area contributed by atoms with Gasteiger partial charge in [0.2, 0.25) is 5.91 Å². The molecule has 0 saturated carbocycles. The van der Waals surface area contributed by atoms with Crippen molar-refractivity contribution in [3.63, 3.8) is 0 Å². The van der Waals surface area contributed by atoms with Gasteiger partial charge in [0.25, 0.3) is 0 Å². The molecule has 0 aliphatic heterocycles. The molecule has 0 aliphatic rings. The van der Waals surface area contributed by atoms with Gasteiger partial charge in [0.15, 0.2) is 5.43 Å². The number of carbonyl (C=O) groups is 1. The summed E-state index contributed by atoms with van der Waals surface area (Å²) in [5.74, 6) is 0.432. The van der Waals surface area contributed by atoms with E-state index >= 15 is 0 Å². The second-order valence-electron chi connectivity index (χ2n) is 4.55. The minimum atomic E-state index is -0.121. The summed E-state index contributed by atoms with van der Waals surface area (Å²) in [6.07, 6.45) is 3.48. The lowest BCUT2D eigenvalue weighted by molar-refractivity contribution is -0.121. The van der Waals surface area contributed by atoms with Crippen molar-refractivity contribution in [3.05, 3.63) is 70.3 Å². The molecule has 0 radical (unpaired) electrons. The molecule has 2 rings (SSSR count). The fourth-order valence-electron chi connectivity index (χ4n) is 1.89. The Morgan fingerprint density at radius 2 is 1.95 bits per heavy atom. The Bertz CT molecular complexity index is 604. The van der Waals surface area contributed by atoms with E-state index in [1.54, 1.807) is 0 Å². The van der Waals surface area contributed by atoms with Gasteiger partial charge in [-0.25, -0.2) is 0 Å². The molecule has 0 spiro atoms. The molecule has 0 bridgehead atoms. The first-order chi connectivity index (χ1) is 9.74. The molecule has 1 amide bonds. The minimum absolute atomic E-state index is 0.0348. The molecular formula is C16H17NO3. The Kier molecular flexibility index (Phi) is 5.12. The van der Waals surface area contributed by atoms with Gasteiger partial charge < -0.3 is 9.73 Å². The molecule has 0 fully saturated rings. The largest absolute Gasteiger partial charge is 0.467 e. The van der Waals surface area contributed by atoms with E-state index in [-0.39, 0.29) is 17.9 Å². The van der Waals surface area contributed by atoms with Crippen LogP contribution in [0.25, 0.3) is 0 Å². The fourth-order valence-corrected chi connectivity index (χ4v) is 1.89. The second-order valence-corrected chi connectivity index (χ2v) is 4.55. The molecule has 1 N–H and O–H groups in total. The molecule has 1 aromatic carbocycles. The maximum atomic E-state index is 11.7. The Balaban J connectivity index is 1.69. The predicted octanol–water partition coefficient (Wildman–Crippen LogP) is 2.28. The van der Waals surface area contributed by atoms with Gasteiger partial charge >= 0.3 is 0 Å². The summed E-state index contributed by atoms with van der Waals surface area (Å²) in [4.78, 5) is 22.8. The second kappa shape index (κ2) is 7.28. The van der Waals surface area contributed by atoms with Crippen LogP contribution in [0, 0.1) is 0 Å². The van der Waals surface area contributed by atoms with E-state index in [9.17, 15) is 9.59 Å². The molecule has 1 heterocycles. The maximum absolute atomic E-state index is 11.7. The van der Waals surface area contributed by atoms with Gasteiger partial charge in [-0.3, -0.25) is 9.59 Å². The standard InChI is InChI=1S/C16H17NO3/c18-14-9-10-20-15(11-14)12-17-16(19)8-4-7-13-5-2-1-3-6-13/h1-3,5-6,9-11H,4,7-8,12H2,(H,17,19). The van der Waals surface area contributed by atoms with Crippen LogP contribution in [-0.2, 0) is 17.8 Å². The summed E-state index contributed by atoms with van der Waals surface area (Å²) in [7, 11) is 0. The van der Waals surface area contributed by atoms with Crippen molar-refractivity contribution >= 4 is 5.91 Å². The normalized spacial score (nSPS) is 10.2. The monoisotopic (exact) mass is 271 g/mol. The van der Waals surface area contributed by atoms with E-state index in [1.165, 1.54) is 24.0 Å². The van der Waals surface area contributed by atoms with Crippen molar-refractivity contribution in [2.45, 2.75) is 25.8 Å². The van der Waals surface area contributed by atoms with Gasteiger partial charge in [-0.1, -0.05) is 30.3 Å². The number of benzene rings is 1. The summed E-state index contributed by atoms with van der Waals surface area (Å²) < 4.78 is 5.12. The smallest absolute Gasteiger partial charge is 0.220 e. The van der Waals surface area contributed by atoms with E-state index in [4.69, 9.17) is 4.42 Å². The van der Waals surface area contributed by atoms with Crippen LogP contribution in [0.15, 0.2) is 57.9 Å². The van der Waals surface area contributed by atoms with Crippen LogP contribution >= 0.6 is 0 Å². The highest BCUT2D eigenvalue weighted by atomic mass is 16.3. The molecule has 4 heteroatoms. The van der Waals surface area contributed by atoms with E-state index < -0.39 is 0 Å². The quantitative estimate of drug-likeness (QED) is 0.876. The molecule has 0 saturated heterocycles. The molecular weight excluding hydrogens is 254 g/mol. The van der Waals surface area contributed by atoms with Gasteiger partial charge in [0.05, 0.1) is 12.8 Å². The zero-order valence-corrected chi connectivity index (χ0v) is 11.2. The molecule has 0 unspecified atom stereocenters. The number of aryl methyl sites for hydroxylation is 1. The van der Waals surface area contributed by atoms with Crippen molar-refractivity contribution < 1.29 is 9.21 Å². The van der Waals surface area contributed by atoms with E-state index in [2.05, 4.69) is 17.4 Å². The average molecular weight is 271 g/mol. The lowest BCUT2D eigenvalue weighted by atomic mass is 10.1. The third-order valence-electron chi connectivity index (χ3n) is 2.93. The van der Waals surface area contributed by atoms with Gasteiger partial charge in [0.1, 0.15) is 5.76 Å². The molecule has 2 aromatic rings. The summed E-state index contributed by atoms with van der Waals surface area (Å²) >= 11 is 0. The van der Waals surface area contributed by atoms with Crippen LogP contribution in [0.4, 0.5) is 0 Å². The van der Waals surface area contributed by atoms with Crippen molar-refractivity contribution in [2.24, 2.45) is 0 Å². The van der Waals surface area contributed by atoms with Crippen LogP contribution in [-0.4, -0.2) is 5.91 Å². The van der Waals surface area contributed by atoms with Gasteiger partial charge in [-0.2, -0.15) is 0 Å². The summed E-state index contributed by atoms with van der Waals surface area (Å²) in [6, 6.07) is 12.8. The minimum Gasteiger partial charge on any atom is -0.467 e.